The molecule has 0 aliphatic carbocycles. The van der Waals surface area contributed by atoms with Crippen LogP contribution < -0.4 is 10.2 Å². The number of hydrogen-bond acceptors (Lipinski definition) is 2. The maximum atomic E-state index is 13.6. The van der Waals surface area contributed by atoms with Gasteiger partial charge >= 0.3 is 0 Å². The van der Waals surface area contributed by atoms with E-state index in [4.69, 9.17) is 34.8 Å². The third kappa shape index (κ3) is 3.25. The Labute approximate surface area is 170 Å². The van der Waals surface area contributed by atoms with Crippen LogP contribution in [0.5, 0.6) is 0 Å². The zero-order chi connectivity index (χ0) is 19.1. The van der Waals surface area contributed by atoms with E-state index in [1.807, 2.05) is 12.1 Å². The molecule has 27 heavy (non-hydrogen) atoms. The minimum Gasteiger partial charge on any atom is -0.360 e. The lowest BCUT2D eigenvalue weighted by atomic mass is 10.0. The van der Waals surface area contributed by atoms with Gasteiger partial charge in [0.25, 0.3) is 5.91 Å². The fraction of sp³-hybridized carbons (Fsp3) is 0.0500. The lowest BCUT2D eigenvalue weighted by Crippen LogP contribution is -2.43. The zero-order valence-corrected chi connectivity index (χ0v) is 16.0. The van der Waals surface area contributed by atoms with E-state index < -0.39 is 12.0 Å². The van der Waals surface area contributed by atoms with Gasteiger partial charge in [-0.15, -0.1) is 0 Å². The maximum absolute atomic E-state index is 13.6. The highest BCUT2D eigenvalue weighted by Crippen LogP contribution is 2.40. The van der Waals surface area contributed by atoms with Crippen LogP contribution in [0.3, 0.4) is 0 Å². The van der Waals surface area contributed by atoms with Crippen molar-refractivity contribution in [2.75, 3.05) is 10.2 Å². The van der Waals surface area contributed by atoms with Crippen molar-refractivity contribution < 1.29 is 9.18 Å². The van der Waals surface area contributed by atoms with Gasteiger partial charge in [0.05, 0.1) is 10.6 Å². The van der Waals surface area contributed by atoms with Gasteiger partial charge in [0.1, 0.15) is 12.0 Å². The molecule has 3 nitrogen and oxygen atoms in total. The van der Waals surface area contributed by atoms with Gasteiger partial charge in [-0.2, -0.15) is 0 Å². The summed E-state index contributed by atoms with van der Waals surface area (Å²) in [7, 11) is 0. The summed E-state index contributed by atoms with van der Waals surface area (Å²) < 4.78 is 13.6. The third-order valence-corrected chi connectivity index (χ3v) is 5.22. The number of para-hydroxylation sites is 1. The highest BCUT2D eigenvalue weighted by Gasteiger charge is 2.35. The van der Waals surface area contributed by atoms with E-state index in [1.54, 1.807) is 30.3 Å². The number of carbonyl (C=O) groups excluding carboxylic acids is 1. The van der Waals surface area contributed by atoms with E-state index in [0.717, 1.165) is 0 Å². The second kappa shape index (κ2) is 7.04. The number of anilines is 2. The average molecular weight is 422 g/mol. The Kier molecular flexibility index (Phi) is 4.72. The predicted molar refractivity (Wildman–Crippen MR) is 107 cm³/mol. The van der Waals surface area contributed by atoms with E-state index in [0.29, 0.717) is 32.5 Å². The molecule has 0 fully saturated rings. The molecule has 1 aliphatic rings. The summed E-state index contributed by atoms with van der Waals surface area (Å²) in [4.78, 5) is 14.8. The predicted octanol–water partition coefficient (Wildman–Crippen LogP) is 6.56. The Morgan fingerprint density at radius 1 is 0.926 bits per heavy atom. The Hall–Kier alpha value is -2.27. The molecule has 3 aromatic carbocycles. The highest BCUT2D eigenvalue weighted by molar-refractivity contribution is 6.35. The quantitative estimate of drug-likeness (QED) is 0.508. The van der Waals surface area contributed by atoms with Crippen LogP contribution in [0, 0.1) is 5.82 Å². The Bertz CT molecular complexity index is 1060. The van der Waals surface area contributed by atoms with Crippen molar-refractivity contribution in [3.63, 3.8) is 0 Å². The smallest absolute Gasteiger partial charge is 0.262 e. The monoisotopic (exact) mass is 420 g/mol. The number of benzene rings is 3. The lowest BCUT2D eigenvalue weighted by molar-refractivity contribution is 0.0975. The fourth-order valence-corrected chi connectivity index (χ4v) is 3.78. The number of carbonyl (C=O) groups is 1. The fourth-order valence-electron chi connectivity index (χ4n) is 3.10. The number of halogens is 4. The Balaban J connectivity index is 1.90. The van der Waals surface area contributed by atoms with Gasteiger partial charge < -0.3 is 5.32 Å². The molecule has 1 heterocycles. The van der Waals surface area contributed by atoms with Crippen molar-refractivity contribution in [3.8, 4) is 0 Å². The molecule has 1 N–H and O–H groups in total. The highest BCUT2D eigenvalue weighted by atomic mass is 35.5. The number of amides is 1. The van der Waals surface area contributed by atoms with Crippen molar-refractivity contribution in [1.29, 1.82) is 0 Å². The summed E-state index contributed by atoms with van der Waals surface area (Å²) >= 11 is 18.4. The molecular weight excluding hydrogens is 410 g/mol. The number of rotatable bonds is 2. The minimum atomic E-state index is -0.612. The summed E-state index contributed by atoms with van der Waals surface area (Å²) in [5.74, 6) is -0.803. The molecule has 0 spiro atoms. The van der Waals surface area contributed by atoms with Crippen molar-refractivity contribution >= 4 is 52.1 Å². The molecule has 7 heteroatoms. The van der Waals surface area contributed by atoms with Crippen LogP contribution >= 0.6 is 34.8 Å². The maximum Gasteiger partial charge on any atom is 0.262 e. The summed E-state index contributed by atoms with van der Waals surface area (Å²) in [6.07, 6.45) is -0.612. The second-order valence-corrected chi connectivity index (χ2v) is 7.28. The molecule has 1 atom stereocenters. The van der Waals surface area contributed by atoms with Crippen LogP contribution in [0.15, 0.2) is 60.7 Å². The molecule has 1 amide bonds. The van der Waals surface area contributed by atoms with Crippen molar-refractivity contribution in [2.45, 2.75) is 6.17 Å². The van der Waals surface area contributed by atoms with Gasteiger partial charge in [-0.1, -0.05) is 53.0 Å². The summed E-state index contributed by atoms with van der Waals surface area (Å²) in [6, 6.07) is 16.4. The van der Waals surface area contributed by atoms with Gasteiger partial charge in [-0.25, -0.2) is 4.39 Å². The molecule has 3 aromatic rings. The number of nitrogens with zero attached hydrogens (tertiary/aromatic N) is 1. The van der Waals surface area contributed by atoms with Gasteiger partial charge in [0, 0.05) is 27.0 Å². The molecule has 136 valence electrons. The van der Waals surface area contributed by atoms with E-state index in [2.05, 4.69) is 5.32 Å². The summed E-state index contributed by atoms with van der Waals surface area (Å²) in [5, 5.41) is 4.15. The minimum absolute atomic E-state index is 0.0693. The average Bonchev–Trinajstić information content (AvgIpc) is 2.64. The van der Waals surface area contributed by atoms with Crippen LogP contribution in [-0.2, 0) is 0 Å². The number of fused-ring (bicyclic) bond motifs is 1. The van der Waals surface area contributed by atoms with Gasteiger partial charge in [0.15, 0.2) is 0 Å². The van der Waals surface area contributed by atoms with Gasteiger partial charge in [0.2, 0.25) is 0 Å². The normalized spacial score (nSPS) is 16.1. The van der Waals surface area contributed by atoms with E-state index in [1.165, 1.54) is 23.1 Å². The molecule has 0 radical (unpaired) electrons. The molecular formula is C20H12Cl3FN2O. The van der Waals surface area contributed by atoms with E-state index in [-0.39, 0.29) is 10.9 Å². The van der Waals surface area contributed by atoms with Crippen LogP contribution in [0.2, 0.25) is 15.1 Å². The first kappa shape index (κ1) is 18.1. The Morgan fingerprint density at radius 3 is 2.44 bits per heavy atom. The molecule has 0 unspecified atom stereocenters. The third-order valence-electron chi connectivity index (χ3n) is 4.37. The van der Waals surface area contributed by atoms with E-state index >= 15 is 0 Å². The number of hydrogen-bond donors (Lipinski definition) is 1. The summed E-state index contributed by atoms with van der Waals surface area (Å²) in [6.45, 7) is 0. The van der Waals surface area contributed by atoms with Gasteiger partial charge in [-0.05, 0) is 42.5 Å². The standard InChI is InChI=1S/C20H12Cl3FN2O/c21-11-5-7-13(15(22)9-11)19-25-18-4-2-1-3-14(18)20(27)26(19)12-6-8-17(24)16(23)10-12/h1-10,19,25H/t19-/m0/s1. The number of nitrogens with one attached hydrogen (secondary N) is 1. The largest absolute Gasteiger partial charge is 0.360 e. The molecule has 0 aromatic heterocycles. The van der Waals surface area contributed by atoms with Crippen molar-refractivity contribution in [2.24, 2.45) is 0 Å². The first-order chi connectivity index (χ1) is 13.0. The summed E-state index contributed by atoms with van der Waals surface area (Å²) in [5.41, 5.74) is 2.29. The Morgan fingerprint density at radius 2 is 1.70 bits per heavy atom. The first-order valence-corrected chi connectivity index (χ1v) is 9.18. The van der Waals surface area contributed by atoms with Gasteiger partial charge in [-0.3, -0.25) is 9.69 Å². The van der Waals surface area contributed by atoms with Crippen molar-refractivity contribution in [1.82, 2.24) is 0 Å². The first-order valence-electron chi connectivity index (χ1n) is 8.05. The van der Waals surface area contributed by atoms with Crippen LogP contribution in [0.1, 0.15) is 22.1 Å². The van der Waals surface area contributed by atoms with Crippen LogP contribution in [-0.4, -0.2) is 5.91 Å². The molecule has 0 saturated carbocycles. The second-order valence-electron chi connectivity index (χ2n) is 6.03. The molecule has 4 rings (SSSR count). The van der Waals surface area contributed by atoms with Crippen LogP contribution in [0.4, 0.5) is 15.8 Å². The van der Waals surface area contributed by atoms with Crippen LogP contribution in [0.25, 0.3) is 0 Å². The van der Waals surface area contributed by atoms with E-state index in [9.17, 15) is 9.18 Å². The van der Waals surface area contributed by atoms with Crippen molar-refractivity contribution in [3.05, 3.63) is 92.7 Å². The SMILES string of the molecule is O=C1c2ccccc2N[C@H](c2ccc(Cl)cc2Cl)N1c1ccc(F)c(Cl)c1. The molecule has 0 bridgehead atoms. The molecule has 0 saturated heterocycles. The topological polar surface area (TPSA) is 32.3 Å². The zero-order valence-electron chi connectivity index (χ0n) is 13.7. The molecule has 1 aliphatic heterocycles. The lowest BCUT2D eigenvalue weighted by Gasteiger charge is -2.38.